The lowest BCUT2D eigenvalue weighted by molar-refractivity contribution is -0.129. The molecule has 25 heavy (non-hydrogen) atoms. The molecule has 2 aromatic rings. The van der Waals surface area contributed by atoms with Crippen molar-refractivity contribution in [3.8, 4) is 0 Å². The standard InChI is InChI=1S/C20H25N3O2/c1-13(24)22(2)18-6-7-23(12-18)11-17-9-16-8-14-4-3-5-15(14)10-19(16)21-20(17)25/h8-10,18H,3-7,11-12H2,1-2H3,(H,21,25)/t18-/m0/s1. The third-order valence-electron chi connectivity index (χ3n) is 5.82. The van der Waals surface area contributed by atoms with Gasteiger partial charge < -0.3 is 9.88 Å². The zero-order chi connectivity index (χ0) is 17.6. The van der Waals surface area contributed by atoms with Gasteiger partial charge in [-0.15, -0.1) is 0 Å². The molecule has 1 N–H and O–H groups in total. The van der Waals surface area contributed by atoms with E-state index in [9.17, 15) is 9.59 Å². The molecule has 0 bridgehead atoms. The molecule has 2 heterocycles. The Balaban J connectivity index is 1.56. The summed E-state index contributed by atoms with van der Waals surface area (Å²) in [6.45, 7) is 4.00. The Labute approximate surface area is 147 Å². The van der Waals surface area contributed by atoms with Crippen LogP contribution in [-0.2, 0) is 24.2 Å². The van der Waals surface area contributed by atoms with Gasteiger partial charge in [-0.1, -0.05) is 0 Å². The molecule has 5 heteroatoms. The average molecular weight is 339 g/mol. The fourth-order valence-electron chi connectivity index (χ4n) is 4.21. The number of aryl methyl sites for hydroxylation is 2. The first kappa shape index (κ1) is 16.3. The first-order chi connectivity index (χ1) is 12.0. The van der Waals surface area contributed by atoms with E-state index in [4.69, 9.17) is 0 Å². The number of likely N-dealkylation sites (N-methyl/N-ethyl adjacent to an activating group) is 1. The van der Waals surface area contributed by atoms with Crippen LogP contribution >= 0.6 is 0 Å². The fraction of sp³-hybridized carbons (Fsp3) is 0.500. The van der Waals surface area contributed by atoms with Crippen LogP contribution < -0.4 is 5.56 Å². The second-order valence-corrected chi connectivity index (χ2v) is 7.49. The van der Waals surface area contributed by atoms with Crippen LogP contribution in [0.3, 0.4) is 0 Å². The quantitative estimate of drug-likeness (QED) is 0.931. The lowest BCUT2D eigenvalue weighted by Gasteiger charge is -2.23. The maximum Gasteiger partial charge on any atom is 0.252 e. The lowest BCUT2D eigenvalue weighted by Crippen LogP contribution is -2.37. The first-order valence-corrected chi connectivity index (χ1v) is 9.15. The Morgan fingerprint density at radius 2 is 2.04 bits per heavy atom. The van der Waals surface area contributed by atoms with Crippen molar-refractivity contribution < 1.29 is 4.79 Å². The van der Waals surface area contributed by atoms with Crippen LogP contribution in [0.5, 0.6) is 0 Å². The van der Waals surface area contributed by atoms with E-state index < -0.39 is 0 Å². The number of aromatic nitrogens is 1. The van der Waals surface area contributed by atoms with Crippen LogP contribution in [0.4, 0.5) is 0 Å². The van der Waals surface area contributed by atoms with E-state index in [0.717, 1.165) is 48.8 Å². The number of aromatic amines is 1. The molecule has 2 aliphatic rings. The zero-order valence-electron chi connectivity index (χ0n) is 15.0. The number of amides is 1. The van der Waals surface area contributed by atoms with E-state index in [1.807, 2.05) is 11.9 Å². The van der Waals surface area contributed by atoms with Crippen molar-refractivity contribution >= 4 is 16.8 Å². The van der Waals surface area contributed by atoms with E-state index in [0.29, 0.717) is 6.54 Å². The van der Waals surface area contributed by atoms with Gasteiger partial charge in [-0.05, 0) is 60.4 Å². The van der Waals surface area contributed by atoms with Gasteiger partial charge in [0.05, 0.1) is 0 Å². The molecule has 1 aromatic carbocycles. The van der Waals surface area contributed by atoms with Gasteiger partial charge in [0.1, 0.15) is 0 Å². The molecule has 1 atom stereocenters. The van der Waals surface area contributed by atoms with E-state index in [-0.39, 0.29) is 17.5 Å². The highest BCUT2D eigenvalue weighted by Gasteiger charge is 2.27. The molecular formula is C20H25N3O2. The van der Waals surface area contributed by atoms with Gasteiger partial charge >= 0.3 is 0 Å². The summed E-state index contributed by atoms with van der Waals surface area (Å²) in [6, 6.07) is 6.69. The van der Waals surface area contributed by atoms with Crippen LogP contribution in [0, 0.1) is 0 Å². The number of carbonyl (C=O) groups excluding carboxylic acids is 1. The molecule has 1 aromatic heterocycles. The third kappa shape index (κ3) is 3.09. The first-order valence-electron chi connectivity index (χ1n) is 9.15. The number of pyridine rings is 1. The molecule has 0 saturated carbocycles. The van der Waals surface area contributed by atoms with Crippen molar-refractivity contribution in [2.75, 3.05) is 20.1 Å². The van der Waals surface area contributed by atoms with Crippen molar-refractivity contribution in [1.82, 2.24) is 14.8 Å². The number of likely N-dealkylation sites (tertiary alicyclic amines) is 1. The van der Waals surface area contributed by atoms with Gasteiger partial charge in [-0.2, -0.15) is 0 Å². The molecule has 1 saturated heterocycles. The summed E-state index contributed by atoms with van der Waals surface area (Å²) >= 11 is 0. The number of rotatable bonds is 3. The molecule has 1 fully saturated rings. The second kappa shape index (κ2) is 6.30. The van der Waals surface area contributed by atoms with E-state index in [1.165, 1.54) is 17.5 Å². The highest BCUT2D eigenvalue weighted by Crippen LogP contribution is 2.26. The molecule has 0 radical (unpaired) electrons. The molecule has 1 aliphatic carbocycles. The van der Waals surface area contributed by atoms with Gasteiger partial charge in [-0.3, -0.25) is 14.5 Å². The Kier molecular flexibility index (Phi) is 4.12. The van der Waals surface area contributed by atoms with Gasteiger partial charge in [0.2, 0.25) is 5.91 Å². The highest BCUT2D eigenvalue weighted by molar-refractivity contribution is 5.81. The number of nitrogens with one attached hydrogen (secondary N) is 1. The monoisotopic (exact) mass is 339 g/mol. The molecule has 1 aliphatic heterocycles. The lowest BCUT2D eigenvalue weighted by atomic mass is 10.0. The molecule has 5 nitrogen and oxygen atoms in total. The van der Waals surface area contributed by atoms with E-state index >= 15 is 0 Å². The maximum atomic E-state index is 12.5. The number of carbonyl (C=O) groups is 1. The molecule has 0 unspecified atom stereocenters. The van der Waals surface area contributed by atoms with E-state index in [1.54, 1.807) is 6.92 Å². The summed E-state index contributed by atoms with van der Waals surface area (Å²) < 4.78 is 0. The van der Waals surface area contributed by atoms with E-state index in [2.05, 4.69) is 28.1 Å². The van der Waals surface area contributed by atoms with Gasteiger partial charge in [0.15, 0.2) is 0 Å². The normalized spacial score (nSPS) is 20.2. The van der Waals surface area contributed by atoms with Gasteiger partial charge in [-0.25, -0.2) is 0 Å². The molecule has 132 valence electrons. The van der Waals surface area contributed by atoms with Crippen LogP contribution in [-0.4, -0.2) is 46.9 Å². The average Bonchev–Trinajstić information content (AvgIpc) is 3.21. The minimum atomic E-state index is 0.00817. The van der Waals surface area contributed by atoms with Crippen LogP contribution in [0.1, 0.15) is 36.5 Å². The van der Waals surface area contributed by atoms with Crippen LogP contribution in [0.15, 0.2) is 23.0 Å². The third-order valence-corrected chi connectivity index (χ3v) is 5.82. The summed E-state index contributed by atoms with van der Waals surface area (Å²) in [5.41, 5.74) is 4.58. The number of hydrogen-bond acceptors (Lipinski definition) is 3. The largest absolute Gasteiger partial charge is 0.342 e. The summed E-state index contributed by atoms with van der Waals surface area (Å²) in [5, 5.41) is 1.13. The number of fused-ring (bicyclic) bond motifs is 2. The minimum absolute atomic E-state index is 0.00817. The molecule has 1 amide bonds. The Morgan fingerprint density at radius 1 is 1.28 bits per heavy atom. The Morgan fingerprint density at radius 3 is 2.80 bits per heavy atom. The van der Waals surface area contributed by atoms with Crippen molar-refractivity contribution in [2.24, 2.45) is 0 Å². The fourth-order valence-corrected chi connectivity index (χ4v) is 4.21. The van der Waals surface area contributed by atoms with Crippen molar-refractivity contribution in [3.05, 3.63) is 45.2 Å². The maximum absolute atomic E-state index is 12.5. The summed E-state index contributed by atoms with van der Waals surface area (Å²) in [7, 11) is 1.86. The number of hydrogen-bond donors (Lipinski definition) is 1. The van der Waals surface area contributed by atoms with Gasteiger partial charge in [0.25, 0.3) is 5.56 Å². The molecule has 0 spiro atoms. The minimum Gasteiger partial charge on any atom is -0.342 e. The number of nitrogens with zero attached hydrogens (tertiary/aromatic N) is 2. The van der Waals surface area contributed by atoms with Gasteiger partial charge in [0, 0.05) is 50.7 Å². The second-order valence-electron chi connectivity index (χ2n) is 7.49. The molecule has 4 rings (SSSR count). The topological polar surface area (TPSA) is 56.4 Å². The predicted molar refractivity (Wildman–Crippen MR) is 98.7 cm³/mol. The number of H-pyrrole nitrogens is 1. The predicted octanol–water partition coefficient (Wildman–Crippen LogP) is 2.07. The zero-order valence-corrected chi connectivity index (χ0v) is 15.0. The summed E-state index contributed by atoms with van der Waals surface area (Å²) in [5.74, 6) is 0.101. The van der Waals surface area contributed by atoms with Crippen molar-refractivity contribution in [3.63, 3.8) is 0 Å². The van der Waals surface area contributed by atoms with Crippen molar-refractivity contribution in [2.45, 2.75) is 45.2 Å². The number of benzene rings is 1. The van der Waals surface area contributed by atoms with Crippen LogP contribution in [0.25, 0.3) is 10.9 Å². The van der Waals surface area contributed by atoms with Crippen molar-refractivity contribution in [1.29, 1.82) is 0 Å². The highest BCUT2D eigenvalue weighted by atomic mass is 16.2. The van der Waals surface area contributed by atoms with Crippen LogP contribution in [0.2, 0.25) is 0 Å². The Hall–Kier alpha value is -2.14. The summed E-state index contributed by atoms with van der Waals surface area (Å²) in [4.78, 5) is 31.2. The Bertz CT molecular complexity index is 886. The smallest absolute Gasteiger partial charge is 0.252 e. The molecular weight excluding hydrogens is 314 g/mol. The summed E-state index contributed by atoms with van der Waals surface area (Å²) in [6.07, 6.45) is 4.44. The SMILES string of the molecule is CC(=O)N(C)[C@H]1CCN(Cc2cc3cc4c(cc3[nH]c2=O)CCC4)C1.